The number of hydrogen-bond acceptors (Lipinski definition) is 4. The van der Waals surface area contributed by atoms with Gasteiger partial charge in [0.2, 0.25) is 5.91 Å². The van der Waals surface area contributed by atoms with Crippen LogP contribution in [0.3, 0.4) is 0 Å². The Balaban J connectivity index is 2.15. The van der Waals surface area contributed by atoms with Gasteiger partial charge < -0.3 is 4.90 Å². The predicted octanol–water partition coefficient (Wildman–Crippen LogP) is 2.22. The molecule has 0 spiro atoms. The second kappa shape index (κ2) is 6.87. The van der Waals surface area contributed by atoms with Crippen molar-refractivity contribution in [2.24, 2.45) is 0 Å². The first-order valence-corrected chi connectivity index (χ1v) is 8.83. The first-order chi connectivity index (χ1) is 10.8. The summed E-state index contributed by atoms with van der Waals surface area (Å²) in [4.78, 5) is 17.4. The number of benzene rings is 1. The average molecular weight is 336 g/mol. The molecule has 1 heterocycles. The molecule has 0 radical (unpaired) electrons. The van der Waals surface area contributed by atoms with Crippen LogP contribution in [0.2, 0.25) is 0 Å². The molecule has 1 amide bonds. The van der Waals surface area contributed by atoms with Gasteiger partial charge in [-0.1, -0.05) is 12.1 Å². The molecule has 0 aliphatic rings. The van der Waals surface area contributed by atoms with Gasteiger partial charge in [-0.15, -0.1) is 0 Å². The molecule has 0 aliphatic heterocycles. The van der Waals surface area contributed by atoms with Gasteiger partial charge in [0.1, 0.15) is 5.82 Å². The topological polar surface area (TPSA) is 67.3 Å². The number of anilines is 1. The van der Waals surface area contributed by atoms with Gasteiger partial charge in [0.05, 0.1) is 16.8 Å². The SMILES string of the molecule is CN(C(=O)CCc1cncc(F)c1)c1ccccc1S(C)(=O)=O. The largest absolute Gasteiger partial charge is 0.314 e. The fraction of sp³-hybridized carbons (Fsp3) is 0.250. The van der Waals surface area contributed by atoms with Crippen molar-refractivity contribution < 1.29 is 17.6 Å². The highest BCUT2D eigenvalue weighted by Crippen LogP contribution is 2.24. The summed E-state index contributed by atoms with van der Waals surface area (Å²) in [7, 11) is -1.91. The minimum atomic E-state index is -3.44. The van der Waals surface area contributed by atoms with Gasteiger partial charge in [0.25, 0.3) is 0 Å². The molecule has 0 bridgehead atoms. The molecule has 0 fully saturated rings. The molecule has 122 valence electrons. The predicted molar refractivity (Wildman–Crippen MR) is 85.5 cm³/mol. The molecular formula is C16H17FN2O3S. The van der Waals surface area contributed by atoms with E-state index in [9.17, 15) is 17.6 Å². The Hall–Kier alpha value is -2.28. The summed E-state index contributed by atoms with van der Waals surface area (Å²) < 4.78 is 36.7. The number of nitrogens with zero attached hydrogens (tertiary/aromatic N) is 2. The molecule has 23 heavy (non-hydrogen) atoms. The van der Waals surface area contributed by atoms with Crippen LogP contribution in [0.1, 0.15) is 12.0 Å². The summed E-state index contributed by atoms with van der Waals surface area (Å²) in [5.41, 5.74) is 0.945. The second-order valence-electron chi connectivity index (χ2n) is 5.20. The number of aryl methyl sites for hydroxylation is 1. The van der Waals surface area contributed by atoms with Crippen molar-refractivity contribution in [3.05, 3.63) is 54.1 Å². The van der Waals surface area contributed by atoms with E-state index in [1.165, 1.54) is 30.3 Å². The van der Waals surface area contributed by atoms with Crippen LogP contribution in [0.25, 0.3) is 0 Å². The minimum Gasteiger partial charge on any atom is -0.314 e. The zero-order chi connectivity index (χ0) is 17.0. The quantitative estimate of drug-likeness (QED) is 0.840. The third kappa shape index (κ3) is 4.35. The van der Waals surface area contributed by atoms with Crippen LogP contribution in [0.15, 0.2) is 47.6 Å². The van der Waals surface area contributed by atoms with E-state index < -0.39 is 15.7 Å². The highest BCUT2D eigenvalue weighted by Gasteiger charge is 2.19. The number of hydrogen-bond donors (Lipinski definition) is 0. The lowest BCUT2D eigenvalue weighted by molar-refractivity contribution is -0.118. The van der Waals surface area contributed by atoms with Crippen molar-refractivity contribution in [3.8, 4) is 0 Å². The Kier molecular flexibility index (Phi) is 5.10. The smallest absolute Gasteiger partial charge is 0.227 e. The van der Waals surface area contributed by atoms with Crippen molar-refractivity contribution in [3.63, 3.8) is 0 Å². The van der Waals surface area contributed by atoms with E-state index in [1.54, 1.807) is 18.2 Å². The van der Waals surface area contributed by atoms with Gasteiger partial charge in [-0.3, -0.25) is 9.78 Å². The Morgan fingerprint density at radius 3 is 2.61 bits per heavy atom. The molecule has 0 saturated heterocycles. The summed E-state index contributed by atoms with van der Waals surface area (Å²) in [6.07, 6.45) is 4.15. The van der Waals surface area contributed by atoms with E-state index in [1.807, 2.05) is 0 Å². The van der Waals surface area contributed by atoms with Gasteiger partial charge in [-0.05, 0) is 30.2 Å². The normalized spacial score (nSPS) is 11.3. The molecule has 0 saturated carbocycles. The summed E-state index contributed by atoms with van der Waals surface area (Å²) in [5, 5.41) is 0. The van der Waals surface area contributed by atoms with Crippen molar-refractivity contribution in [2.75, 3.05) is 18.2 Å². The van der Waals surface area contributed by atoms with Crippen LogP contribution >= 0.6 is 0 Å². The number of carbonyl (C=O) groups excluding carboxylic acids is 1. The van der Waals surface area contributed by atoms with Gasteiger partial charge >= 0.3 is 0 Å². The van der Waals surface area contributed by atoms with Crippen LogP contribution in [0.4, 0.5) is 10.1 Å². The molecule has 2 rings (SSSR count). The summed E-state index contributed by atoms with van der Waals surface area (Å²) >= 11 is 0. The molecule has 7 heteroatoms. The first kappa shape index (κ1) is 17.1. The number of amides is 1. The summed E-state index contributed by atoms with van der Waals surface area (Å²) in [6.45, 7) is 0. The van der Waals surface area contributed by atoms with Crippen molar-refractivity contribution in [2.45, 2.75) is 17.7 Å². The first-order valence-electron chi connectivity index (χ1n) is 6.94. The minimum absolute atomic E-state index is 0.100. The maximum absolute atomic E-state index is 13.1. The fourth-order valence-corrected chi connectivity index (χ4v) is 3.10. The van der Waals surface area contributed by atoms with Gasteiger partial charge in [0, 0.05) is 25.9 Å². The lowest BCUT2D eigenvalue weighted by atomic mass is 10.1. The third-order valence-corrected chi connectivity index (χ3v) is 4.53. The van der Waals surface area contributed by atoms with Gasteiger partial charge in [-0.25, -0.2) is 12.8 Å². The monoisotopic (exact) mass is 336 g/mol. The van der Waals surface area contributed by atoms with Crippen LogP contribution < -0.4 is 4.90 Å². The number of para-hydroxylation sites is 1. The molecule has 0 aliphatic carbocycles. The van der Waals surface area contributed by atoms with Gasteiger partial charge in [-0.2, -0.15) is 0 Å². The Labute approximate surface area is 134 Å². The third-order valence-electron chi connectivity index (χ3n) is 3.39. The van der Waals surface area contributed by atoms with E-state index in [4.69, 9.17) is 0 Å². The van der Waals surface area contributed by atoms with E-state index >= 15 is 0 Å². The number of rotatable bonds is 5. The van der Waals surface area contributed by atoms with Crippen molar-refractivity contribution >= 4 is 21.4 Å². The summed E-state index contributed by atoms with van der Waals surface area (Å²) in [5.74, 6) is -0.712. The van der Waals surface area contributed by atoms with Gasteiger partial charge in [0.15, 0.2) is 9.84 Å². The maximum atomic E-state index is 13.1. The second-order valence-corrected chi connectivity index (χ2v) is 7.19. The van der Waals surface area contributed by atoms with E-state index in [0.717, 1.165) is 12.5 Å². The van der Waals surface area contributed by atoms with Crippen LogP contribution in [-0.2, 0) is 21.1 Å². The molecule has 0 N–H and O–H groups in total. The average Bonchev–Trinajstić information content (AvgIpc) is 2.51. The maximum Gasteiger partial charge on any atom is 0.227 e. The standard InChI is InChI=1S/C16H17FN2O3S/c1-19(14-5-3-4-6-15(14)23(2,21)22)16(20)8-7-12-9-13(17)11-18-10-12/h3-6,9-11H,7-8H2,1-2H3. The Bertz CT molecular complexity index is 822. The molecule has 0 unspecified atom stereocenters. The molecule has 0 atom stereocenters. The zero-order valence-corrected chi connectivity index (χ0v) is 13.7. The van der Waals surface area contributed by atoms with Crippen LogP contribution in [0, 0.1) is 5.82 Å². The molecular weight excluding hydrogens is 319 g/mol. The number of halogens is 1. The van der Waals surface area contributed by atoms with Crippen LogP contribution in [-0.4, -0.2) is 32.6 Å². The Morgan fingerprint density at radius 2 is 1.96 bits per heavy atom. The molecule has 5 nitrogen and oxygen atoms in total. The Morgan fingerprint density at radius 1 is 1.26 bits per heavy atom. The highest BCUT2D eigenvalue weighted by atomic mass is 32.2. The van der Waals surface area contributed by atoms with E-state index in [0.29, 0.717) is 17.7 Å². The fourth-order valence-electron chi connectivity index (χ4n) is 2.19. The van der Waals surface area contributed by atoms with E-state index in [-0.39, 0.29) is 17.2 Å². The number of aromatic nitrogens is 1. The lowest BCUT2D eigenvalue weighted by Crippen LogP contribution is -2.27. The molecule has 1 aromatic carbocycles. The van der Waals surface area contributed by atoms with Crippen molar-refractivity contribution in [1.29, 1.82) is 0 Å². The van der Waals surface area contributed by atoms with Crippen molar-refractivity contribution in [1.82, 2.24) is 4.98 Å². The number of carbonyl (C=O) groups is 1. The lowest BCUT2D eigenvalue weighted by Gasteiger charge is -2.20. The van der Waals surface area contributed by atoms with Crippen LogP contribution in [0.5, 0.6) is 0 Å². The highest BCUT2D eigenvalue weighted by molar-refractivity contribution is 7.90. The number of sulfone groups is 1. The molecule has 2 aromatic rings. The number of pyridine rings is 1. The summed E-state index contributed by atoms with van der Waals surface area (Å²) in [6, 6.07) is 7.65. The zero-order valence-electron chi connectivity index (χ0n) is 12.9. The van der Waals surface area contributed by atoms with E-state index in [2.05, 4.69) is 4.98 Å². The molecule has 1 aromatic heterocycles.